The van der Waals surface area contributed by atoms with Gasteiger partial charge in [-0.2, -0.15) is 13.2 Å². The fourth-order valence-corrected chi connectivity index (χ4v) is 5.89. The van der Waals surface area contributed by atoms with Crippen LogP contribution in [0.3, 0.4) is 0 Å². The third-order valence-corrected chi connectivity index (χ3v) is 8.17. The van der Waals surface area contributed by atoms with E-state index in [-0.39, 0.29) is 46.5 Å². The molecule has 2 aliphatic heterocycles. The highest BCUT2D eigenvalue weighted by molar-refractivity contribution is 6.29. The molecule has 0 spiro atoms. The van der Waals surface area contributed by atoms with E-state index in [4.69, 9.17) is 17.3 Å². The van der Waals surface area contributed by atoms with E-state index >= 15 is 0 Å². The maximum absolute atomic E-state index is 14.1. The average Bonchev–Trinajstić information content (AvgIpc) is 3.76. The predicted octanol–water partition coefficient (Wildman–Crippen LogP) is 3.61. The van der Waals surface area contributed by atoms with Gasteiger partial charge in [0, 0.05) is 50.8 Å². The molecule has 2 aromatic rings. The lowest BCUT2D eigenvalue weighted by atomic mass is 9.96. The molecule has 3 fully saturated rings. The number of nitrogens with two attached hydrogens (primary N) is 1. The average molecular weight is 595 g/mol. The minimum Gasteiger partial charge on any atom is -0.383 e. The number of hydrogen-bond acceptors (Lipinski definition) is 8. The van der Waals surface area contributed by atoms with Crippen LogP contribution in [0.2, 0.25) is 5.15 Å². The van der Waals surface area contributed by atoms with Gasteiger partial charge in [0.1, 0.15) is 16.7 Å². The molecule has 0 bridgehead atoms. The molecule has 2 amide bonds. The van der Waals surface area contributed by atoms with Crippen LogP contribution in [-0.4, -0.2) is 87.4 Å². The standard InChI is InChI=1S/C27H34ClF3N8O2/c1-2-3-18-15-38(24-22(27(29,30)31)35-20(14-33-24)25(40)34-16-4-5-16)12-13-39(18)17-8-10-37(11-9-17)26(41)19-6-7-21(28)36-23(19)32/h6-7,14,16-18H,2-5,8-13,15H2,1H3,(H2,32,36)(H,34,40)/t18-/m0/s1. The second kappa shape index (κ2) is 12.0. The Balaban J connectivity index is 1.26. The van der Waals surface area contributed by atoms with Crippen molar-refractivity contribution in [3.63, 3.8) is 0 Å². The second-order valence-corrected chi connectivity index (χ2v) is 11.3. The predicted molar refractivity (Wildman–Crippen MR) is 148 cm³/mol. The zero-order valence-corrected chi connectivity index (χ0v) is 23.6. The highest BCUT2D eigenvalue weighted by atomic mass is 35.5. The van der Waals surface area contributed by atoms with E-state index in [1.165, 1.54) is 6.07 Å². The summed E-state index contributed by atoms with van der Waals surface area (Å²) in [7, 11) is 0. The molecular formula is C27H34ClF3N8O2. The van der Waals surface area contributed by atoms with E-state index in [1.807, 2.05) is 0 Å². The summed E-state index contributed by atoms with van der Waals surface area (Å²) in [4.78, 5) is 43.0. The minimum absolute atomic E-state index is 0.00115. The summed E-state index contributed by atoms with van der Waals surface area (Å²) in [5.74, 6) is -0.962. The van der Waals surface area contributed by atoms with Gasteiger partial charge in [-0.1, -0.05) is 24.9 Å². The number of anilines is 2. The Bertz CT molecular complexity index is 1280. The summed E-state index contributed by atoms with van der Waals surface area (Å²) < 4.78 is 42.2. The molecule has 2 saturated heterocycles. The molecule has 4 heterocycles. The molecule has 14 heteroatoms. The van der Waals surface area contributed by atoms with Gasteiger partial charge in [0.25, 0.3) is 11.8 Å². The zero-order chi connectivity index (χ0) is 29.3. The van der Waals surface area contributed by atoms with Crippen molar-refractivity contribution in [3.05, 3.63) is 40.4 Å². The number of halogens is 4. The van der Waals surface area contributed by atoms with Gasteiger partial charge in [-0.3, -0.25) is 14.5 Å². The first-order chi connectivity index (χ1) is 19.5. The normalized spacial score (nSPS) is 20.8. The molecular weight excluding hydrogens is 561 g/mol. The van der Waals surface area contributed by atoms with Crippen molar-refractivity contribution in [2.75, 3.05) is 43.4 Å². The first kappa shape index (κ1) is 29.3. The molecule has 222 valence electrons. The maximum Gasteiger partial charge on any atom is 0.437 e. The molecule has 5 rings (SSSR count). The lowest BCUT2D eigenvalue weighted by Gasteiger charge is -2.48. The smallest absolute Gasteiger partial charge is 0.383 e. The number of nitrogens with zero attached hydrogens (tertiary/aromatic N) is 6. The van der Waals surface area contributed by atoms with Gasteiger partial charge in [0.15, 0.2) is 11.5 Å². The third kappa shape index (κ3) is 6.66. The summed E-state index contributed by atoms with van der Waals surface area (Å²) in [5, 5.41) is 2.89. The van der Waals surface area contributed by atoms with E-state index in [0.29, 0.717) is 38.3 Å². The van der Waals surface area contributed by atoms with Gasteiger partial charge < -0.3 is 20.9 Å². The molecule has 0 unspecified atom stereocenters. The van der Waals surface area contributed by atoms with Gasteiger partial charge in [0.2, 0.25) is 0 Å². The van der Waals surface area contributed by atoms with E-state index in [0.717, 1.165) is 44.7 Å². The molecule has 10 nitrogen and oxygen atoms in total. The number of pyridine rings is 1. The number of carbonyl (C=O) groups is 2. The fourth-order valence-electron chi connectivity index (χ4n) is 5.74. The highest BCUT2D eigenvalue weighted by Gasteiger charge is 2.42. The number of piperazine rings is 1. The van der Waals surface area contributed by atoms with Crippen molar-refractivity contribution >= 4 is 35.1 Å². The Morgan fingerprint density at radius 2 is 1.83 bits per heavy atom. The first-order valence-electron chi connectivity index (χ1n) is 14.0. The number of nitrogen functional groups attached to an aromatic ring is 1. The molecule has 1 atom stereocenters. The second-order valence-electron chi connectivity index (χ2n) is 10.9. The quantitative estimate of drug-likeness (QED) is 0.467. The third-order valence-electron chi connectivity index (χ3n) is 7.96. The van der Waals surface area contributed by atoms with E-state index in [1.54, 1.807) is 15.9 Å². The molecule has 2 aromatic heterocycles. The number of hydrogen-bond donors (Lipinski definition) is 2. The molecule has 3 N–H and O–H groups in total. The number of likely N-dealkylation sites (tertiary alicyclic amines) is 1. The van der Waals surface area contributed by atoms with Crippen LogP contribution in [-0.2, 0) is 6.18 Å². The van der Waals surface area contributed by atoms with Gasteiger partial charge >= 0.3 is 6.18 Å². The van der Waals surface area contributed by atoms with E-state index < -0.39 is 17.8 Å². The minimum atomic E-state index is -4.75. The van der Waals surface area contributed by atoms with Crippen molar-refractivity contribution in [2.24, 2.45) is 0 Å². The number of amides is 2. The first-order valence-corrected chi connectivity index (χ1v) is 14.4. The number of nitrogens with one attached hydrogen (secondary N) is 1. The number of alkyl halides is 3. The van der Waals surface area contributed by atoms with Gasteiger partial charge in [-0.05, 0) is 44.2 Å². The number of piperidine rings is 1. The lowest BCUT2D eigenvalue weighted by Crippen LogP contribution is -2.59. The van der Waals surface area contributed by atoms with Gasteiger partial charge in [0.05, 0.1) is 11.8 Å². The number of rotatable bonds is 7. The van der Waals surface area contributed by atoms with Crippen LogP contribution in [0.15, 0.2) is 18.3 Å². The van der Waals surface area contributed by atoms with Crippen molar-refractivity contribution in [1.29, 1.82) is 0 Å². The summed E-state index contributed by atoms with van der Waals surface area (Å²) in [6, 6.07) is 3.33. The van der Waals surface area contributed by atoms with Crippen LogP contribution in [0.4, 0.5) is 24.8 Å². The SMILES string of the molecule is CCC[C@H]1CN(c2ncc(C(=O)NC3CC3)nc2C(F)(F)F)CCN1C1CCN(C(=O)c2ccc(Cl)nc2N)CC1. The molecule has 0 aromatic carbocycles. The molecule has 3 aliphatic rings. The van der Waals surface area contributed by atoms with E-state index in [9.17, 15) is 22.8 Å². The molecule has 1 saturated carbocycles. The topological polar surface area (TPSA) is 121 Å². The van der Waals surface area contributed by atoms with Crippen molar-refractivity contribution < 1.29 is 22.8 Å². The Kier molecular flexibility index (Phi) is 8.55. The monoisotopic (exact) mass is 594 g/mol. The Hall–Kier alpha value is -3.19. The van der Waals surface area contributed by atoms with Crippen LogP contribution in [0.25, 0.3) is 0 Å². The van der Waals surface area contributed by atoms with Gasteiger partial charge in [-0.25, -0.2) is 15.0 Å². The maximum atomic E-state index is 14.1. The molecule has 0 radical (unpaired) electrons. The number of carbonyl (C=O) groups excluding carboxylic acids is 2. The van der Waals surface area contributed by atoms with Crippen LogP contribution in [0.1, 0.15) is 72.0 Å². The van der Waals surface area contributed by atoms with Crippen molar-refractivity contribution in [3.8, 4) is 0 Å². The van der Waals surface area contributed by atoms with Crippen LogP contribution >= 0.6 is 11.6 Å². The van der Waals surface area contributed by atoms with Crippen LogP contribution in [0.5, 0.6) is 0 Å². The van der Waals surface area contributed by atoms with Crippen molar-refractivity contribution in [1.82, 2.24) is 30.1 Å². The lowest BCUT2D eigenvalue weighted by molar-refractivity contribution is -0.141. The largest absolute Gasteiger partial charge is 0.437 e. The van der Waals surface area contributed by atoms with Gasteiger partial charge in [-0.15, -0.1) is 0 Å². The fraction of sp³-hybridized carbons (Fsp3) is 0.593. The Labute approximate surface area is 241 Å². The number of aromatic nitrogens is 3. The Morgan fingerprint density at radius 3 is 2.46 bits per heavy atom. The highest BCUT2D eigenvalue weighted by Crippen LogP contribution is 2.36. The van der Waals surface area contributed by atoms with Crippen molar-refractivity contribution in [2.45, 2.75) is 69.8 Å². The summed E-state index contributed by atoms with van der Waals surface area (Å²) in [5.41, 5.74) is 4.78. The molecule has 41 heavy (non-hydrogen) atoms. The Morgan fingerprint density at radius 1 is 1.10 bits per heavy atom. The van der Waals surface area contributed by atoms with E-state index in [2.05, 4.69) is 32.1 Å². The summed E-state index contributed by atoms with van der Waals surface area (Å²) in [6.07, 6.45) is 1.17. The summed E-state index contributed by atoms with van der Waals surface area (Å²) >= 11 is 5.87. The summed E-state index contributed by atoms with van der Waals surface area (Å²) in [6.45, 7) is 4.40. The molecule has 1 aliphatic carbocycles. The van der Waals surface area contributed by atoms with Crippen LogP contribution in [0, 0.1) is 0 Å². The van der Waals surface area contributed by atoms with Crippen LogP contribution < -0.4 is 16.0 Å². The zero-order valence-electron chi connectivity index (χ0n) is 22.8.